The van der Waals surface area contributed by atoms with Gasteiger partial charge >= 0.3 is 0 Å². The van der Waals surface area contributed by atoms with Crippen LogP contribution in [-0.2, 0) is 33.4 Å². The van der Waals surface area contributed by atoms with Crippen molar-refractivity contribution >= 4 is 39.1 Å². The molecule has 178 valence electrons. The summed E-state index contributed by atoms with van der Waals surface area (Å²) in [5.41, 5.74) is 4.41. The van der Waals surface area contributed by atoms with E-state index in [2.05, 4.69) is 23.5 Å². The van der Waals surface area contributed by atoms with E-state index in [9.17, 15) is 13.2 Å². The highest BCUT2D eigenvalue weighted by Gasteiger charge is 2.33. The van der Waals surface area contributed by atoms with Gasteiger partial charge in [0.15, 0.2) is 0 Å². The Hall–Kier alpha value is -1.60. The highest BCUT2D eigenvalue weighted by atomic mass is 35.5. The number of amides is 1. The number of nitrogens with one attached hydrogen (secondary N) is 1. The third-order valence-electron chi connectivity index (χ3n) is 6.73. The van der Waals surface area contributed by atoms with Crippen molar-refractivity contribution in [1.82, 2.24) is 9.62 Å². The minimum Gasteiger partial charge on any atom is -0.349 e. The Bertz CT molecular complexity index is 1140. The maximum Gasteiger partial charge on any atom is 0.224 e. The molecule has 5 nitrogen and oxygen atoms in total. The normalized spacial score (nSPS) is 20.2. The average Bonchev–Trinajstić information content (AvgIpc) is 2.80. The smallest absolute Gasteiger partial charge is 0.224 e. The molecule has 1 heterocycles. The van der Waals surface area contributed by atoms with Crippen molar-refractivity contribution < 1.29 is 13.2 Å². The van der Waals surface area contributed by atoms with Crippen molar-refractivity contribution in [1.29, 1.82) is 0 Å². The molecule has 1 fully saturated rings. The number of carbonyl (C=O) groups is 1. The van der Waals surface area contributed by atoms with Crippen molar-refractivity contribution in [2.24, 2.45) is 5.92 Å². The van der Waals surface area contributed by atoms with Gasteiger partial charge in [-0.2, -0.15) is 0 Å². The van der Waals surface area contributed by atoms with Gasteiger partial charge in [-0.1, -0.05) is 47.5 Å². The number of piperidine rings is 1. The lowest BCUT2D eigenvalue weighted by molar-refractivity contribution is -0.126. The second-order valence-electron chi connectivity index (χ2n) is 9.15. The van der Waals surface area contributed by atoms with Crippen LogP contribution in [0.2, 0.25) is 10.0 Å². The van der Waals surface area contributed by atoms with Gasteiger partial charge in [-0.25, -0.2) is 12.7 Å². The van der Waals surface area contributed by atoms with Crippen LogP contribution in [-0.4, -0.2) is 31.7 Å². The zero-order chi connectivity index (χ0) is 23.6. The summed E-state index contributed by atoms with van der Waals surface area (Å²) in [5.74, 6) is -0.665. The Labute approximate surface area is 206 Å². The zero-order valence-electron chi connectivity index (χ0n) is 18.8. The second kappa shape index (κ2) is 10.3. The molecular weight excluding hydrogens is 479 g/mol. The molecule has 0 bridgehead atoms. The molecule has 4 rings (SSSR count). The van der Waals surface area contributed by atoms with Gasteiger partial charge in [0, 0.05) is 23.1 Å². The van der Waals surface area contributed by atoms with Crippen molar-refractivity contribution in [3.63, 3.8) is 0 Å². The maximum absolute atomic E-state index is 13.0. The molecule has 1 aliphatic heterocycles. The topological polar surface area (TPSA) is 66.5 Å². The summed E-state index contributed by atoms with van der Waals surface area (Å²) in [6.45, 7) is 2.59. The summed E-state index contributed by atoms with van der Waals surface area (Å²) < 4.78 is 27.5. The molecule has 1 saturated heterocycles. The molecule has 2 atom stereocenters. The van der Waals surface area contributed by atoms with Gasteiger partial charge in [0.05, 0.1) is 17.7 Å². The van der Waals surface area contributed by atoms with Crippen molar-refractivity contribution in [2.45, 2.75) is 57.2 Å². The molecule has 0 unspecified atom stereocenters. The van der Waals surface area contributed by atoms with Crippen LogP contribution in [0.15, 0.2) is 36.4 Å². The second-order valence-corrected chi connectivity index (χ2v) is 12.0. The quantitative estimate of drug-likeness (QED) is 0.576. The first-order valence-corrected chi connectivity index (χ1v) is 13.9. The highest BCUT2D eigenvalue weighted by molar-refractivity contribution is 7.88. The summed E-state index contributed by atoms with van der Waals surface area (Å²) in [5, 5.41) is 3.91. The number of benzene rings is 2. The largest absolute Gasteiger partial charge is 0.349 e. The molecule has 8 heteroatoms. The van der Waals surface area contributed by atoms with Gasteiger partial charge < -0.3 is 5.32 Å². The van der Waals surface area contributed by atoms with Crippen molar-refractivity contribution in [2.75, 3.05) is 13.1 Å². The number of fused-ring (bicyclic) bond motifs is 1. The molecular formula is C25H30Cl2N2O3S. The molecule has 2 aliphatic rings. The van der Waals surface area contributed by atoms with Crippen LogP contribution in [0, 0.1) is 5.92 Å². The van der Waals surface area contributed by atoms with Crippen molar-refractivity contribution in [3.8, 4) is 0 Å². The molecule has 0 spiro atoms. The molecule has 0 saturated carbocycles. The first kappa shape index (κ1) is 24.5. The Morgan fingerprint density at radius 2 is 1.85 bits per heavy atom. The maximum atomic E-state index is 13.0. The highest BCUT2D eigenvalue weighted by Crippen LogP contribution is 2.28. The number of carbonyl (C=O) groups excluding carboxylic acids is 1. The Kier molecular flexibility index (Phi) is 7.69. The van der Waals surface area contributed by atoms with Crippen LogP contribution in [0.1, 0.15) is 60.9 Å². The Morgan fingerprint density at radius 3 is 2.61 bits per heavy atom. The van der Waals surface area contributed by atoms with E-state index in [0.29, 0.717) is 35.0 Å². The molecule has 1 N–H and O–H groups in total. The molecule has 0 aromatic heterocycles. The number of hydrogen-bond acceptors (Lipinski definition) is 3. The zero-order valence-corrected chi connectivity index (χ0v) is 21.1. The van der Waals surface area contributed by atoms with E-state index in [4.69, 9.17) is 23.2 Å². The van der Waals surface area contributed by atoms with Gasteiger partial charge in [0.25, 0.3) is 0 Å². The van der Waals surface area contributed by atoms with Crippen LogP contribution in [0.3, 0.4) is 0 Å². The fourth-order valence-electron chi connectivity index (χ4n) is 4.77. The third kappa shape index (κ3) is 5.91. The van der Waals surface area contributed by atoms with E-state index >= 15 is 0 Å². The van der Waals surface area contributed by atoms with Gasteiger partial charge in [0.2, 0.25) is 15.9 Å². The first-order valence-electron chi connectivity index (χ1n) is 11.6. The molecule has 2 aromatic rings. The molecule has 1 aliphatic carbocycles. The molecule has 0 radical (unpaired) electrons. The first-order chi connectivity index (χ1) is 15.7. The minimum atomic E-state index is -3.60. The van der Waals surface area contributed by atoms with Gasteiger partial charge in [-0.3, -0.25) is 4.79 Å². The molecule has 2 aromatic carbocycles. The average molecular weight is 509 g/mol. The van der Waals surface area contributed by atoms with Crippen LogP contribution in [0.4, 0.5) is 0 Å². The number of halogens is 2. The number of aryl methyl sites for hydroxylation is 2. The van der Waals surface area contributed by atoms with E-state index in [0.717, 1.165) is 18.4 Å². The van der Waals surface area contributed by atoms with E-state index in [1.807, 2.05) is 6.92 Å². The standard InChI is InChI=1S/C25H30Cl2N2O3S/c1-17(19-9-8-18-5-2-3-6-20(18)13-19)28-25(30)21-7-4-12-29(15-21)33(31,32)16-22-10-11-23(26)14-24(22)27/h8-11,13-14,17,21H,2-7,12,15-16H2,1H3,(H,28,30)/t17-,21-/m0/s1. The van der Waals surface area contributed by atoms with Crippen LogP contribution in [0.25, 0.3) is 0 Å². The molecule has 1 amide bonds. The minimum absolute atomic E-state index is 0.0929. The summed E-state index contributed by atoms with van der Waals surface area (Å²) in [6, 6.07) is 11.2. The summed E-state index contributed by atoms with van der Waals surface area (Å²) in [4.78, 5) is 13.0. The number of hydrogen-bond donors (Lipinski definition) is 1. The number of sulfonamides is 1. The van der Waals surface area contributed by atoms with Gasteiger partial charge in [0.1, 0.15) is 0 Å². The fourth-order valence-corrected chi connectivity index (χ4v) is 6.97. The SMILES string of the molecule is C[C@H](NC(=O)[C@H]1CCCN(S(=O)(=O)Cc2ccc(Cl)cc2Cl)C1)c1ccc2c(c1)CCCC2. The lowest BCUT2D eigenvalue weighted by atomic mass is 9.89. The van der Waals surface area contributed by atoms with E-state index in [-0.39, 0.29) is 30.2 Å². The third-order valence-corrected chi connectivity index (χ3v) is 9.11. The predicted octanol–water partition coefficient (Wildman–Crippen LogP) is 5.29. The Balaban J connectivity index is 1.39. The summed E-state index contributed by atoms with van der Waals surface area (Å²) in [6.07, 6.45) is 6.00. The predicted molar refractivity (Wildman–Crippen MR) is 133 cm³/mol. The van der Waals surface area contributed by atoms with Crippen molar-refractivity contribution in [3.05, 3.63) is 68.7 Å². The number of nitrogens with zero attached hydrogens (tertiary/aromatic N) is 1. The van der Waals surface area contributed by atoms with Gasteiger partial charge in [-0.15, -0.1) is 0 Å². The Morgan fingerprint density at radius 1 is 1.09 bits per heavy atom. The monoisotopic (exact) mass is 508 g/mol. The van der Waals surface area contributed by atoms with E-state index < -0.39 is 10.0 Å². The molecule has 33 heavy (non-hydrogen) atoms. The lowest BCUT2D eigenvalue weighted by Gasteiger charge is -2.32. The van der Waals surface area contributed by atoms with Crippen LogP contribution < -0.4 is 5.32 Å². The fraction of sp³-hybridized carbons (Fsp3) is 0.480. The van der Waals surface area contributed by atoms with E-state index in [1.54, 1.807) is 18.2 Å². The van der Waals surface area contributed by atoms with Crippen LogP contribution in [0.5, 0.6) is 0 Å². The van der Waals surface area contributed by atoms with Gasteiger partial charge in [-0.05, 0) is 79.8 Å². The lowest BCUT2D eigenvalue weighted by Crippen LogP contribution is -2.46. The summed E-state index contributed by atoms with van der Waals surface area (Å²) >= 11 is 12.1. The van der Waals surface area contributed by atoms with E-state index in [1.165, 1.54) is 28.3 Å². The number of rotatable bonds is 6. The summed E-state index contributed by atoms with van der Waals surface area (Å²) in [7, 11) is -3.60. The van der Waals surface area contributed by atoms with Crippen LogP contribution >= 0.6 is 23.2 Å².